The van der Waals surface area contributed by atoms with Crippen LogP contribution in [0.5, 0.6) is 0 Å². The number of nitrogens with zero attached hydrogens (tertiary/aromatic N) is 4. The third-order valence-corrected chi connectivity index (χ3v) is 12.1. The van der Waals surface area contributed by atoms with Gasteiger partial charge >= 0.3 is 0 Å². The normalized spacial score (nSPS) is 11.4. The molecule has 0 aliphatic carbocycles. The lowest BCUT2D eigenvalue weighted by Gasteiger charge is -2.29. The first-order chi connectivity index (χ1) is 27.8. The minimum atomic E-state index is 0.318. The Bertz CT molecular complexity index is 2700. The highest BCUT2D eigenvalue weighted by Gasteiger charge is 2.21. The summed E-state index contributed by atoms with van der Waals surface area (Å²) < 4.78 is 4.84. The molecule has 0 amide bonds. The number of hydrogen-bond donors (Lipinski definition) is 2. The van der Waals surface area contributed by atoms with Crippen LogP contribution in [0.2, 0.25) is 0 Å². The van der Waals surface area contributed by atoms with Crippen molar-refractivity contribution < 1.29 is 0 Å². The number of benzene rings is 7. The second-order valence-corrected chi connectivity index (χ2v) is 15.7. The molecule has 0 aliphatic rings. The van der Waals surface area contributed by atoms with Crippen LogP contribution < -0.4 is 30.6 Å². The van der Waals surface area contributed by atoms with Gasteiger partial charge in [-0.1, -0.05) is 97.1 Å². The number of anilines is 8. The van der Waals surface area contributed by atoms with Gasteiger partial charge in [0, 0.05) is 63.4 Å². The second-order valence-electron chi connectivity index (χ2n) is 13.2. The lowest BCUT2D eigenvalue weighted by Crippen LogP contribution is -2.16. The largest absolute Gasteiger partial charge is 0.354 e. The number of fused-ring (bicyclic) bond motifs is 2. The standard InChI is InChI=1S/C48H38N6P2/c1-5-15-35(16-6-1)51-45-30-29-44-42(24-14-34-50-44)48(45)54(38-21-11-4-12-22-38)56-40-27-25-39(26-28-40)55-53(37-19-9-3-10-20-37)46-32-31-43-41(23-13-33-49-43)47(46)52-36-17-7-2-8-18-36/h1-34,51-52,55-56H. The molecule has 56 heavy (non-hydrogen) atoms. The van der Waals surface area contributed by atoms with E-state index in [9.17, 15) is 0 Å². The Labute approximate surface area is 330 Å². The minimum absolute atomic E-state index is 0.318. The van der Waals surface area contributed by atoms with E-state index in [-0.39, 0.29) is 0 Å². The Kier molecular flexibility index (Phi) is 10.3. The summed E-state index contributed by atoms with van der Waals surface area (Å²) >= 11 is 0. The van der Waals surface area contributed by atoms with Crippen molar-refractivity contribution >= 4 is 95.4 Å². The number of aromatic nitrogens is 2. The van der Waals surface area contributed by atoms with Crippen molar-refractivity contribution in [2.45, 2.75) is 0 Å². The predicted molar refractivity (Wildman–Crippen MR) is 242 cm³/mol. The summed E-state index contributed by atoms with van der Waals surface area (Å²) in [7, 11) is 0.647. The van der Waals surface area contributed by atoms with Gasteiger partial charge in [0.25, 0.3) is 0 Å². The lowest BCUT2D eigenvalue weighted by atomic mass is 10.1. The van der Waals surface area contributed by atoms with Crippen LogP contribution in [0.25, 0.3) is 21.8 Å². The monoisotopic (exact) mass is 760 g/mol. The average molecular weight is 761 g/mol. The molecule has 9 aromatic rings. The lowest BCUT2D eigenvalue weighted by molar-refractivity contribution is 1.38. The Hall–Kier alpha value is -6.58. The molecule has 270 valence electrons. The van der Waals surface area contributed by atoms with E-state index in [0.29, 0.717) is 17.5 Å². The van der Waals surface area contributed by atoms with Gasteiger partial charge in [-0.25, -0.2) is 0 Å². The molecule has 0 bridgehead atoms. The van der Waals surface area contributed by atoms with Crippen molar-refractivity contribution in [2.24, 2.45) is 0 Å². The molecule has 7 aromatic carbocycles. The van der Waals surface area contributed by atoms with E-state index in [2.05, 4.69) is 190 Å². The molecule has 0 aliphatic heterocycles. The number of pyridine rings is 2. The van der Waals surface area contributed by atoms with Gasteiger partial charge in [-0.2, -0.15) is 0 Å². The van der Waals surface area contributed by atoms with Crippen molar-refractivity contribution in [3.8, 4) is 0 Å². The van der Waals surface area contributed by atoms with Crippen LogP contribution >= 0.6 is 17.5 Å². The van der Waals surface area contributed by atoms with Crippen LogP contribution in [-0.4, -0.2) is 9.97 Å². The van der Waals surface area contributed by atoms with Crippen LogP contribution in [0.3, 0.4) is 0 Å². The average Bonchev–Trinajstić information content (AvgIpc) is 3.27. The van der Waals surface area contributed by atoms with Crippen LogP contribution in [-0.2, 0) is 0 Å². The van der Waals surface area contributed by atoms with E-state index in [1.54, 1.807) is 0 Å². The Morgan fingerprint density at radius 3 is 1.48 bits per heavy atom. The summed E-state index contributed by atoms with van der Waals surface area (Å²) in [5.41, 5.74) is 10.4. The molecule has 0 spiro atoms. The van der Waals surface area contributed by atoms with E-state index < -0.39 is 0 Å². The van der Waals surface area contributed by atoms with E-state index in [1.165, 1.54) is 10.6 Å². The first-order valence-corrected chi connectivity index (χ1v) is 20.4. The smallest absolute Gasteiger partial charge is 0.0779 e. The molecule has 2 unspecified atom stereocenters. The zero-order chi connectivity index (χ0) is 37.5. The predicted octanol–water partition coefficient (Wildman–Crippen LogP) is 12.4. The maximum absolute atomic E-state index is 4.75. The molecule has 2 atom stereocenters. The number of rotatable bonds is 12. The number of para-hydroxylation sites is 4. The van der Waals surface area contributed by atoms with Gasteiger partial charge in [0.05, 0.1) is 33.8 Å². The molecule has 0 saturated carbocycles. The van der Waals surface area contributed by atoms with Gasteiger partial charge in [-0.05, 0) is 108 Å². The Balaban J connectivity index is 1.08. The summed E-state index contributed by atoms with van der Waals surface area (Å²) in [4.78, 5) is 9.44. The zero-order valence-corrected chi connectivity index (χ0v) is 32.4. The quantitative estimate of drug-likeness (QED) is 0.121. The number of nitrogens with one attached hydrogen (secondary N) is 2. The van der Waals surface area contributed by atoms with E-state index in [0.717, 1.165) is 67.3 Å². The first-order valence-electron chi connectivity index (χ1n) is 18.5. The third-order valence-electron chi connectivity index (χ3n) is 9.48. The summed E-state index contributed by atoms with van der Waals surface area (Å²) in [5.74, 6) is 0. The van der Waals surface area contributed by atoms with Crippen LogP contribution in [0.1, 0.15) is 0 Å². The second kappa shape index (κ2) is 16.4. The van der Waals surface area contributed by atoms with E-state index in [1.807, 2.05) is 36.7 Å². The van der Waals surface area contributed by atoms with Crippen molar-refractivity contribution in [1.82, 2.24) is 9.97 Å². The molecule has 0 saturated heterocycles. The highest BCUT2D eigenvalue weighted by Crippen LogP contribution is 2.46. The molecular formula is C48H38N6P2. The SMILES string of the molecule is c1ccc(Nc2ccc3ncccc3c2N(Pc2ccc(PN(c3ccccc3)c3ccc4ncccc4c3Nc3ccccc3)cc2)c2ccccc2)cc1. The molecule has 9 rings (SSSR count). The highest BCUT2D eigenvalue weighted by atomic mass is 31.1. The molecule has 0 radical (unpaired) electrons. The summed E-state index contributed by atoms with van der Waals surface area (Å²) in [5, 5.41) is 12.1. The van der Waals surface area contributed by atoms with Crippen molar-refractivity contribution in [1.29, 1.82) is 0 Å². The molecular weight excluding hydrogens is 723 g/mol. The summed E-state index contributed by atoms with van der Waals surface area (Å²) in [6.45, 7) is 0. The van der Waals surface area contributed by atoms with Gasteiger partial charge in [-0.15, -0.1) is 0 Å². The third kappa shape index (κ3) is 7.67. The summed E-state index contributed by atoms with van der Waals surface area (Å²) in [6, 6.07) is 68.0. The van der Waals surface area contributed by atoms with Gasteiger partial charge in [-0.3, -0.25) is 9.97 Å². The maximum Gasteiger partial charge on any atom is 0.0779 e. The van der Waals surface area contributed by atoms with Gasteiger partial charge in [0.2, 0.25) is 0 Å². The molecule has 0 fully saturated rings. The molecule has 2 heterocycles. The van der Waals surface area contributed by atoms with E-state index in [4.69, 9.17) is 9.97 Å². The van der Waals surface area contributed by atoms with Gasteiger partial charge in [0.15, 0.2) is 0 Å². The fourth-order valence-electron chi connectivity index (χ4n) is 6.83. The Morgan fingerprint density at radius 2 is 0.875 bits per heavy atom. The maximum atomic E-state index is 4.75. The molecule has 2 N–H and O–H groups in total. The summed E-state index contributed by atoms with van der Waals surface area (Å²) in [6.07, 6.45) is 3.71. The van der Waals surface area contributed by atoms with Crippen molar-refractivity contribution in [3.63, 3.8) is 0 Å². The van der Waals surface area contributed by atoms with Gasteiger partial charge in [0.1, 0.15) is 0 Å². The molecule has 2 aromatic heterocycles. The fraction of sp³-hybridized carbons (Fsp3) is 0. The fourth-order valence-corrected chi connectivity index (χ4v) is 9.19. The van der Waals surface area contributed by atoms with Crippen molar-refractivity contribution in [3.05, 3.63) is 207 Å². The van der Waals surface area contributed by atoms with Crippen LogP contribution in [0.4, 0.5) is 45.5 Å². The topological polar surface area (TPSA) is 56.3 Å². The highest BCUT2D eigenvalue weighted by molar-refractivity contribution is 7.50. The molecule has 6 nitrogen and oxygen atoms in total. The molecule has 8 heteroatoms. The van der Waals surface area contributed by atoms with Crippen LogP contribution in [0, 0.1) is 0 Å². The van der Waals surface area contributed by atoms with Crippen molar-refractivity contribution in [2.75, 3.05) is 20.0 Å². The van der Waals surface area contributed by atoms with Crippen LogP contribution in [0.15, 0.2) is 207 Å². The number of hydrogen-bond acceptors (Lipinski definition) is 6. The van der Waals surface area contributed by atoms with Gasteiger partial charge < -0.3 is 20.0 Å². The Morgan fingerprint density at radius 1 is 0.393 bits per heavy atom. The first kappa shape index (κ1) is 35.1. The minimum Gasteiger partial charge on any atom is -0.354 e. The zero-order valence-electron chi connectivity index (χ0n) is 30.4. The van der Waals surface area contributed by atoms with E-state index >= 15 is 0 Å².